The molecule has 2 N–H and O–H groups in total. The number of esters is 1. The maximum absolute atomic E-state index is 11.7. The second-order valence-corrected chi connectivity index (χ2v) is 5.69. The molecule has 0 atom stereocenters. The summed E-state index contributed by atoms with van der Waals surface area (Å²) in [6.07, 6.45) is 6.73. The van der Waals surface area contributed by atoms with Crippen LogP contribution in [0.4, 0.5) is 4.79 Å². The van der Waals surface area contributed by atoms with Gasteiger partial charge in [-0.15, -0.1) is 0 Å². The van der Waals surface area contributed by atoms with Crippen LogP contribution in [-0.2, 0) is 14.3 Å². The quantitative estimate of drug-likeness (QED) is 0.607. The first kappa shape index (κ1) is 18.5. The fourth-order valence-electron chi connectivity index (χ4n) is 2.60. The van der Waals surface area contributed by atoms with Crippen molar-refractivity contribution in [1.29, 1.82) is 0 Å². The first-order valence-corrected chi connectivity index (χ1v) is 8.16. The van der Waals surface area contributed by atoms with Gasteiger partial charge in [0.25, 0.3) is 5.91 Å². The van der Waals surface area contributed by atoms with Crippen LogP contribution in [0.15, 0.2) is 30.3 Å². The van der Waals surface area contributed by atoms with Crippen LogP contribution in [0.1, 0.15) is 31.2 Å². The number of hydrogen-bond acceptors (Lipinski definition) is 5. The molecule has 0 radical (unpaired) electrons. The highest BCUT2D eigenvalue weighted by Crippen LogP contribution is 2.18. The Morgan fingerprint density at radius 3 is 2.64 bits per heavy atom. The number of hydrogen-bond donors (Lipinski definition) is 2. The highest BCUT2D eigenvalue weighted by Gasteiger charge is 2.18. The molecule has 0 aromatic heterocycles. The first-order chi connectivity index (χ1) is 12.1. The van der Waals surface area contributed by atoms with Crippen LogP contribution in [0.25, 0.3) is 6.08 Å². The molecule has 0 heterocycles. The van der Waals surface area contributed by atoms with Gasteiger partial charge in [-0.1, -0.05) is 31.0 Å². The van der Waals surface area contributed by atoms with E-state index in [9.17, 15) is 14.4 Å². The smallest absolute Gasteiger partial charge is 0.331 e. The molecule has 7 nitrogen and oxygen atoms in total. The lowest BCUT2D eigenvalue weighted by Crippen LogP contribution is -2.44. The molecular weight excluding hydrogens is 324 g/mol. The summed E-state index contributed by atoms with van der Waals surface area (Å²) in [5, 5.41) is 4.86. The predicted molar refractivity (Wildman–Crippen MR) is 91.9 cm³/mol. The van der Waals surface area contributed by atoms with Gasteiger partial charge in [0.15, 0.2) is 6.61 Å². The average molecular weight is 346 g/mol. The SMILES string of the molecule is COc1ccccc1/C=C/C(=O)OCC(=O)NC(=O)NC1CCCC1. The zero-order chi connectivity index (χ0) is 18.1. The number of amides is 3. The maximum atomic E-state index is 11.7. The lowest BCUT2D eigenvalue weighted by Gasteiger charge is -2.12. The number of nitrogens with one attached hydrogen (secondary N) is 2. The molecule has 25 heavy (non-hydrogen) atoms. The average Bonchev–Trinajstić information content (AvgIpc) is 3.11. The van der Waals surface area contributed by atoms with Crippen LogP contribution >= 0.6 is 0 Å². The molecule has 1 aromatic carbocycles. The number of methoxy groups -OCH3 is 1. The number of ether oxygens (including phenoxy) is 2. The van der Waals surface area contributed by atoms with E-state index in [1.54, 1.807) is 12.1 Å². The Morgan fingerprint density at radius 1 is 1.20 bits per heavy atom. The molecule has 0 unspecified atom stereocenters. The van der Waals surface area contributed by atoms with E-state index in [2.05, 4.69) is 10.6 Å². The van der Waals surface area contributed by atoms with E-state index in [1.807, 2.05) is 12.1 Å². The molecule has 1 aliphatic carbocycles. The van der Waals surface area contributed by atoms with Crippen LogP contribution in [-0.4, -0.2) is 37.7 Å². The molecule has 1 saturated carbocycles. The van der Waals surface area contributed by atoms with E-state index in [0.29, 0.717) is 11.3 Å². The summed E-state index contributed by atoms with van der Waals surface area (Å²) in [4.78, 5) is 34.9. The first-order valence-electron chi connectivity index (χ1n) is 8.16. The summed E-state index contributed by atoms with van der Waals surface area (Å²) in [6.45, 7) is -0.521. The van der Waals surface area contributed by atoms with Gasteiger partial charge >= 0.3 is 12.0 Å². The third-order valence-corrected chi connectivity index (χ3v) is 3.83. The molecule has 1 aliphatic rings. The third-order valence-electron chi connectivity index (χ3n) is 3.83. The maximum Gasteiger partial charge on any atom is 0.331 e. The van der Waals surface area contributed by atoms with Gasteiger partial charge in [0.05, 0.1) is 7.11 Å². The van der Waals surface area contributed by atoms with Crippen LogP contribution in [0.2, 0.25) is 0 Å². The zero-order valence-corrected chi connectivity index (χ0v) is 14.1. The molecule has 3 amide bonds. The van der Waals surface area contributed by atoms with Gasteiger partial charge in [-0.05, 0) is 25.0 Å². The number of imide groups is 1. The van der Waals surface area contributed by atoms with Crippen molar-refractivity contribution in [3.63, 3.8) is 0 Å². The molecule has 0 aliphatic heterocycles. The number of rotatable bonds is 6. The van der Waals surface area contributed by atoms with E-state index < -0.39 is 24.5 Å². The Labute approximate surface area is 146 Å². The summed E-state index contributed by atoms with van der Waals surface area (Å²) >= 11 is 0. The Balaban J connectivity index is 1.72. The van der Waals surface area contributed by atoms with Gasteiger partial charge in [0, 0.05) is 17.7 Å². The van der Waals surface area contributed by atoms with Crippen LogP contribution < -0.4 is 15.4 Å². The standard InChI is InChI=1S/C18H22N2O5/c1-24-15-9-5-2-6-13(15)10-11-17(22)25-12-16(21)20-18(23)19-14-7-3-4-8-14/h2,5-6,9-11,14H,3-4,7-8,12H2,1H3,(H2,19,20,21,23)/b11-10+. The molecule has 1 fully saturated rings. The number of carbonyl (C=O) groups excluding carboxylic acids is 3. The molecule has 0 spiro atoms. The van der Waals surface area contributed by atoms with Gasteiger partial charge in [-0.3, -0.25) is 10.1 Å². The van der Waals surface area contributed by atoms with E-state index >= 15 is 0 Å². The van der Waals surface area contributed by atoms with Gasteiger partial charge < -0.3 is 14.8 Å². The minimum absolute atomic E-state index is 0.110. The van der Waals surface area contributed by atoms with E-state index in [4.69, 9.17) is 9.47 Å². The summed E-state index contributed by atoms with van der Waals surface area (Å²) in [6, 6.07) is 6.72. The number of urea groups is 1. The number of carbonyl (C=O) groups is 3. The van der Waals surface area contributed by atoms with Crippen molar-refractivity contribution in [2.24, 2.45) is 0 Å². The summed E-state index contributed by atoms with van der Waals surface area (Å²) < 4.78 is 9.97. The van der Waals surface area contributed by atoms with E-state index in [1.165, 1.54) is 19.3 Å². The topological polar surface area (TPSA) is 93.7 Å². The van der Waals surface area contributed by atoms with Crippen molar-refractivity contribution in [2.45, 2.75) is 31.7 Å². The van der Waals surface area contributed by atoms with Crippen molar-refractivity contribution in [3.8, 4) is 5.75 Å². The van der Waals surface area contributed by atoms with Gasteiger partial charge in [0.2, 0.25) is 0 Å². The summed E-state index contributed by atoms with van der Waals surface area (Å²) in [7, 11) is 1.53. The Hall–Kier alpha value is -2.83. The summed E-state index contributed by atoms with van der Waals surface area (Å²) in [5.74, 6) is -0.736. The Kier molecular flexibility index (Phi) is 7.00. The Morgan fingerprint density at radius 2 is 1.92 bits per heavy atom. The second-order valence-electron chi connectivity index (χ2n) is 5.69. The van der Waals surface area contributed by atoms with E-state index in [0.717, 1.165) is 25.7 Å². The van der Waals surface area contributed by atoms with Crippen molar-refractivity contribution in [3.05, 3.63) is 35.9 Å². The molecule has 134 valence electrons. The normalized spacial score (nSPS) is 14.3. The van der Waals surface area contributed by atoms with Gasteiger partial charge in [0.1, 0.15) is 5.75 Å². The van der Waals surface area contributed by atoms with E-state index in [-0.39, 0.29) is 6.04 Å². The van der Waals surface area contributed by atoms with Crippen LogP contribution in [0, 0.1) is 0 Å². The van der Waals surface area contributed by atoms with Crippen LogP contribution in [0.5, 0.6) is 5.75 Å². The minimum Gasteiger partial charge on any atom is -0.496 e. The van der Waals surface area contributed by atoms with Crippen molar-refractivity contribution >= 4 is 24.0 Å². The second kappa shape index (κ2) is 9.46. The minimum atomic E-state index is -0.683. The lowest BCUT2D eigenvalue weighted by atomic mass is 10.2. The summed E-state index contributed by atoms with van der Waals surface area (Å²) in [5.41, 5.74) is 0.711. The predicted octanol–water partition coefficient (Wildman–Crippen LogP) is 2.02. The van der Waals surface area contributed by atoms with Gasteiger partial charge in [-0.2, -0.15) is 0 Å². The van der Waals surface area contributed by atoms with Crippen LogP contribution in [0.3, 0.4) is 0 Å². The zero-order valence-electron chi connectivity index (χ0n) is 14.1. The Bertz CT molecular complexity index is 651. The van der Waals surface area contributed by atoms with Gasteiger partial charge in [-0.25, -0.2) is 9.59 Å². The largest absolute Gasteiger partial charge is 0.496 e. The number of benzene rings is 1. The third kappa shape index (κ3) is 6.29. The number of para-hydroxylation sites is 1. The van der Waals surface area contributed by atoms with Crippen molar-refractivity contribution < 1.29 is 23.9 Å². The monoisotopic (exact) mass is 346 g/mol. The molecule has 2 rings (SSSR count). The lowest BCUT2D eigenvalue weighted by molar-refractivity contribution is -0.143. The highest BCUT2D eigenvalue weighted by molar-refractivity contribution is 5.96. The molecule has 7 heteroatoms. The van der Waals surface area contributed by atoms with Crippen molar-refractivity contribution in [2.75, 3.05) is 13.7 Å². The van der Waals surface area contributed by atoms with Crippen molar-refractivity contribution in [1.82, 2.24) is 10.6 Å². The molecule has 0 saturated heterocycles. The highest BCUT2D eigenvalue weighted by atomic mass is 16.5. The molecule has 0 bridgehead atoms. The fourth-order valence-corrected chi connectivity index (χ4v) is 2.60. The molecular formula is C18H22N2O5. The fraction of sp³-hybridized carbons (Fsp3) is 0.389. The molecule has 1 aromatic rings.